The number of hydrogen-bond donors (Lipinski definition) is 1. The number of rotatable bonds is 3. The Bertz CT molecular complexity index is 829. The lowest BCUT2D eigenvalue weighted by Gasteiger charge is -2.30. The topological polar surface area (TPSA) is 37.8 Å². The van der Waals surface area contributed by atoms with Crippen molar-refractivity contribution < 1.29 is 0 Å². The molecule has 0 aliphatic heterocycles. The summed E-state index contributed by atoms with van der Waals surface area (Å²) >= 11 is 0. The molecule has 3 heteroatoms. The lowest BCUT2D eigenvalue weighted by molar-refractivity contribution is 0.349. The molecule has 0 spiro atoms. The highest BCUT2D eigenvalue weighted by atomic mass is 15.1. The van der Waals surface area contributed by atoms with Crippen LogP contribution in [-0.4, -0.2) is 16.0 Å². The molecule has 0 saturated heterocycles. The Kier molecular flexibility index (Phi) is 4.16. The fourth-order valence-corrected chi connectivity index (χ4v) is 3.61. The van der Waals surface area contributed by atoms with Crippen LogP contribution >= 0.6 is 0 Å². The van der Waals surface area contributed by atoms with Crippen molar-refractivity contribution in [1.82, 2.24) is 9.97 Å². The third-order valence-electron chi connectivity index (χ3n) is 5.07. The molecule has 0 unspecified atom stereocenters. The zero-order chi connectivity index (χ0) is 16.4. The number of benzene rings is 2. The van der Waals surface area contributed by atoms with Gasteiger partial charge in [0.15, 0.2) is 5.82 Å². The van der Waals surface area contributed by atoms with Crippen LogP contribution in [0, 0.1) is 5.92 Å². The SMILES string of the molecule is C[C@@H]1CCCC[C@@H]1Nc1nc(-c2ccccc2)nc2ccccc12. The van der Waals surface area contributed by atoms with Crippen LogP contribution in [0.1, 0.15) is 32.6 Å². The van der Waals surface area contributed by atoms with Crippen molar-refractivity contribution in [3.05, 3.63) is 54.6 Å². The van der Waals surface area contributed by atoms with E-state index in [1.807, 2.05) is 24.3 Å². The molecule has 3 nitrogen and oxygen atoms in total. The number of aromatic nitrogens is 2. The van der Waals surface area contributed by atoms with Gasteiger partial charge in [-0.3, -0.25) is 0 Å². The minimum absolute atomic E-state index is 0.501. The number of fused-ring (bicyclic) bond motifs is 1. The minimum atomic E-state index is 0.501. The van der Waals surface area contributed by atoms with E-state index in [1.165, 1.54) is 25.7 Å². The summed E-state index contributed by atoms with van der Waals surface area (Å²) in [4.78, 5) is 9.64. The van der Waals surface area contributed by atoms with Crippen molar-refractivity contribution in [2.75, 3.05) is 5.32 Å². The van der Waals surface area contributed by atoms with Gasteiger partial charge in [0.1, 0.15) is 5.82 Å². The fourth-order valence-electron chi connectivity index (χ4n) is 3.61. The minimum Gasteiger partial charge on any atom is -0.366 e. The molecule has 1 aliphatic carbocycles. The Balaban J connectivity index is 1.78. The third-order valence-corrected chi connectivity index (χ3v) is 5.07. The van der Waals surface area contributed by atoms with Gasteiger partial charge in [0.05, 0.1) is 5.52 Å². The zero-order valence-electron chi connectivity index (χ0n) is 14.1. The van der Waals surface area contributed by atoms with Gasteiger partial charge in [0.2, 0.25) is 0 Å². The Morgan fingerprint density at radius 3 is 2.46 bits per heavy atom. The predicted octanol–water partition coefficient (Wildman–Crippen LogP) is 5.29. The first kappa shape index (κ1) is 15.1. The monoisotopic (exact) mass is 317 g/mol. The van der Waals surface area contributed by atoms with E-state index < -0.39 is 0 Å². The van der Waals surface area contributed by atoms with E-state index in [0.29, 0.717) is 12.0 Å². The number of anilines is 1. The standard InChI is InChI=1S/C21H23N3/c1-15-9-5-7-13-18(15)22-21-17-12-6-8-14-19(17)23-20(24-21)16-10-3-2-4-11-16/h2-4,6,8,10-12,14-15,18H,5,7,9,13H2,1H3,(H,22,23,24)/t15-,18+/m1/s1. The summed E-state index contributed by atoms with van der Waals surface area (Å²) in [6.45, 7) is 2.35. The zero-order valence-corrected chi connectivity index (χ0v) is 14.1. The van der Waals surface area contributed by atoms with Crippen LogP contribution in [0.25, 0.3) is 22.3 Å². The first-order valence-corrected chi connectivity index (χ1v) is 8.90. The van der Waals surface area contributed by atoms with Crippen LogP contribution in [0.4, 0.5) is 5.82 Å². The molecule has 2 aromatic carbocycles. The summed E-state index contributed by atoms with van der Waals surface area (Å²) in [5, 5.41) is 4.84. The van der Waals surface area contributed by atoms with Crippen LogP contribution in [-0.2, 0) is 0 Å². The van der Waals surface area contributed by atoms with Crippen LogP contribution in [0.15, 0.2) is 54.6 Å². The average molecular weight is 317 g/mol. The van der Waals surface area contributed by atoms with E-state index in [1.54, 1.807) is 0 Å². The maximum absolute atomic E-state index is 4.88. The van der Waals surface area contributed by atoms with Crippen molar-refractivity contribution in [2.24, 2.45) is 5.92 Å². The third kappa shape index (κ3) is 2.99. The highest BCUT2D eigenvalue weighted by Crippen LogP contribution is 2.30. The second-order valence-corrected chi connectivity index (χ2v) is 6.79. The molecular weight excluding hydrogens is 294 g/mol. The molecule has 4 rings (SSSR count). The first-order chi connectivity index (χ1) is 11.8. The summed E-state index contributed by atoms with van der Waals surface area (Å²) in [5.41, 5.74) is 2.06. The van der Waals surface area contributed by atoms with Gasteiger partial charge < -0.3 is 5.32 Å². The Hall–Kier alpha value is -2.42. The van der Waals surface area contributed by atoms with E-state index in [4.69, 9.17) is 9.97 Å². The number of nitrogens with one attached hydrogen (secondary N) is 1. The summed E-state index contributed by atoms with van der Waals surface area (Å²) in [6.07, 6.45) is 5.17. The van der Waals surface area contributed by atoms with Gasteiger partial charge in [0, 0.05) is 17.0 Å². The molecular formula is C21H23N3. The van der Waals surface area contributed by atoms with Gasteiger partial charge in [-0.05, 0) is 30.9 Å². The van der Waals surface area contributed by atoms with Crippen molar-refractivity contribution in [3.8, 4) is 11.4 Å². The van der Waals surface area contributed by atoms with Gasteiger partial charge in [0.25, 0.3) is 0 Å². The molecule has 3 aromatic rings. The molecule has 1 heterocycles. The number of para-hydroxylation sites is 1. The number of hydrogen-bond acceptors (Lipinski definition) is 3. The van der Waals surface area contributed by atoms with Crippen molar-refractivity contribution in [2.45, 2.75) is 38.6 Å². The van der Waals surface area contributed by atoms with Crippen molar-refractivity contribution in [1.29, 1.82) is 0 Å². The summed E-state index contributed by atoms with van der Waals surface area (Å²) in [5.74, 6) is 2.45. The van der Waals surface area contributed by atoms with Gasteiger partial charge in [-0.2, -0.15) is 0 Å². The first-order valence-electron chi connectivity index (χ1n) is 8.90. The van der Waals surface area contributed by atoms with Crippen LogP contribution in [0.5, 0.6) is 0 Å². The Morgan fingerprint density at radius 1 is 0.875 bits per heavy atom. The molecule has 0 amide bonds. The second-order valence-electron chi connectivity index (χ2n) is 6.79. The molecule has 1 fully saturated rings. The summed E-state index contributed by atoms with van der Waals surface area (Å²) < 4.78 is 0. The summed E-state index contributed by atoms with van der Waals surface area (Å²) in [7, 11) is 0. The van der Waals surface area contributed by atoms with Crippen LogP contribution in [0.3, 0.4) is 0 Å². The van der Waals surface area contributed by atoms with Crippen LogP contribution in [0.2, 0.25) is 0 Å². The van der Waals surface area contributed by atoms with Gasteiger partial charge in [-0.25, -0.2) is 9.97 Å². The van der Waals surface area contributed by atoms with Crippen molar-refractivity contribution in [3.63, 3.8) is 0 Å². The molecule has 1 N–H and O–H groups in total. The summed E-state index contributed by atoms with van der Waals surface area (Å²) in [6, 6.07) is 19.0. The number of nitrogens with zero attached hydrogens (tertiary/aromatic N) is 2. The maximum atomic E-state index is 4.88. The highest BCUT2D eigenvalue weighted by Gasteiger charge is 2.22. The molecule has 1 aliphatic rings. The smallest absolute Gasteiger partial charge is 0.162 e. The van der Waals surface area contributed by atoms with E-state index in [0.717, 1.165) is 28.1 Å². The average Bonchev–Trinajstić information content (AvgIpc) is 2.64. The Morgan fingerprint density at radius 2 is 1.62 bits per heavy atom. The van der Waals surface area contributed by atoms with E-state index in [9.17, 15) is 0 Å². The van der Waals surface area contributed by atoms with Gasteiger partial charge >= 0.3 is 0 Å². The van der Waals surface area contributed by atoms with Gasteiger partial charge in [-0.15, -0.1) is 0 Å². The predicted molar refractivity (Wildman–Crippen MR) is 100 cm³/mol. The molecule has 2 atom stereocenters. The fraction of sp³-hybridized carbons (Fsp3) is 0.333. The molecule has 24 heavy (non-hydrogen) atoms. The van der Waals surface area contributed by atoms with E-state index >= 15 is 0 Å². The molecule has 0 bridgehead atoms. The largest absolute Gasteiger partial charge is 0.366 e. The lowest BCUT2D eigenvalue weighted by atomic mass is 9.86. The van der Waals surface area contributed by atoms with E-state index in [2.05, 4.69) is 42.6 Å². The molecule has 1 saturated carbocycles. The Labute approximate surface area is 143 Å². The molecule has 122 valence electrons. The maximum Gasteiger partial charge on any atom is 0.162 e. The second kappa shape index (κ2) is 6.60. The quantitative estimate of drug-likeness (QED) is 0.713. The van der Waals surface area contributed by atoms with Crippen LogP contribution < -0.4 is 5.32 Å². The normalized spacial score (nSPS) is 20.9. The van der Waals surface area contributed by atoms with Gasteiger partial charge in [-0.1, -0.05) is 62.2 Å². The van der Waals surface area contributed by atoms with Crippen molar-refractivity contribution >= 4 is 16.7 Å². The molecule has 0 radical (unpaired) electrons. The highest BCUT2D eigenvalue weighted by molar-refractivity contribution is 5.90. The lowest BCUT2D eigenvalue weighted by Crippen LogP contribution is -2.30. The molecule has 1 aromatic heterocycles. The van der Waals surface area contributed by atoms with E-state index in [-0.39, 0.29) is 0 Å².